The number of benzene rings is 1. The van der Waals surface area contributed by atoms with Gasteiger partial charge in [0.2, 0.25) is 0 Å². The van der Waals surface area contributed by atoms with Gasteiger partial charge in [-0.05, 0) is 24.1 Å². The van der Waals surface area contributed by atoms with Gasteiger partial charge in [-0.2, -0.15) is 0 Å². The molecule has 0 spiro atoms. The van der Waals surface area contributed by atoms with E-state index in [9.17, 15) is 0 Å². The highest BCUT2D eigenvalue weighted by molar-refractivity contribution is 5.85. The van der Waals surface area contributed by atoms with Gasteiger partial charge in [0.1, 0.15) is 0 Å². The van der Waals surface area contributed by atoms with Gasteiger partial charge in [0.25, 0.3) is 0 Å². The summed E-state index contributed by atoms with van der Waals surface area (Å²) < 4.78 is 0. The van der Waals surface area contributed by atoms with Gasteiger partial charge in [0.15, 0.2) is 0 Å². The van der Waals surface area contributed by atoms with Crippen molar-refractivity contribution >= 4 is 18.0 Å². The second-order valence-corrected chi connectivity index (χ2v) is 4.15. The van der Waals surface area contributed by atoms with Gasteiger partial charge in [0, 0.05) is 13.1 Å². The van der Waals surface area contributed by atoms with Crippen LogP contribution in [0.2, 0.25) is 0 Å². The first-order valence-electron chi connectivity index (χ1n) is 5.21. The molecule has 0 aromatic heterocycles. The van der Waals surface area contributed by atoms with Crippen LogP contribution < -0.4 is 0 Å². The molecule has 1 nitrogen and oxygen atoms in total. The summed E-state index contributed by atoms with van der Waals surface area (Å²) in [6.07, 6.45) is 2.35. The highest BCUT2D eigenvalue weighted by Crippen LogP contribution is 2.26. The van der Waals surface area contributed by atoms with Gasteiger partial charge in [-0.25, -0.2) is 0 Å². The SMILES string of the molecule is CC1CN(C)CC=C1c1ccccc1.Cl. The Morgan fingerprint density at radius 2 is 1.87 bits per heavy atom. The van der Waals surface area contributed by atoms with Crippen LogP contribution >= 0.6 is 12.4 Å². The molecule has 1 aliphatic heterocycles. The van der Waals surface area contributed by atoms with Crippen molar-refractivity contribution in [2.75, 3.05) is 20.1 Å². The zero-order chi connectivity index (χ0) is 9.97. The first-order valence-corrected chi connectivity index (χ1v) is 5.21. The largest absolute Gasteiger partial charge is 0.302 e. The monoisotopic (exact) mass is 223 g/mol. The number of hydrogen-bond donors (Lipinski definition) is 0. The molecule has 1 aliphatic rings. The molecular formula is C13H18ClN. The molecule has 0 bridgehead atoms. The lowest BCUT2D eigenvalue weighted by Gasteiger charge is -2.28. The fourth-order valence-corrected chi connectivity index (χ4v) is 2.13. The minimum Gasteiger partial charge on any atom is -0.302 e. The van der Waals surface area contributed by atoms with Crippen LogP contribution in [0, 0.1) is 5.92 Å². The summed E-state index contributed by atoms with van der Waals surface area (Å²) >= 11 is 0. The van der Waals surface area contributed by atoms with Gasteiger partial charge >= 0.3 is 0 Å². The van der Waals surface area contributed by atoms with E-state index < -0.39 is 0 Å². The van der Waals surface area contributed by atoms with Crippen LogP contribution in [0.25, 0.3) is 5.57 Å². The topological polar surface area (TPSA) is 3.24 Å². The van der Waals surface area contributed by atoms with Crippen molar-refractivity contribution in [3.63, 3.8) is 0 Å². The number of nitrogens with zero attached hydrogens (tertiary/aromatic N) is 1. The van der Waals surface area contributed by atoms with E-state index in [1.54, 1.807) is 0 Å². The third-order valence-electron chi connectivity index (χ3n) is 2.85. The van der Waals surface area contributed by atoms with E-state index in [1.807, 2.05) is 0 Å². The molecule has 1 unspecified atom stereocenters. The molecule has 0 aliphatic carbocycles. The third-order valence-corrected chi connectivity index (χ3v) is 2.85. The second kappa shape index (κ2) is 5.34. The molecule has 0 N–H and O–H groups in total. The first-order chi connectivity index (χ1) is 6.77. The number of hydrogen-bond acceptors (Lipinski definition) is 1. The van der Waals surface area contributed by atoms with Crippen LogP contribution in [0.5, 0.6) is 0 Å². The Morgan fingerprint density at radius 3 is 2.47 bits per heavy atom. The maximum absolute atomic E-state index is 2.36. The zero-order valence-corrected chi connectivity index (χ0v) is 10.1. The summed E-state index contributed by atoms with van der Waals surface area (Å²) in [5.74, 6) is 0.649. The molecule has 0 amide bonds. The lowest BCUT2D eigenvalue weighted by Crippen LogP contribution is -2.29. The number of likely N-dealkylation sites (N-methyl/N-ethyl adjacent to an activating group) is 1. The predicted octanol–water partition coefficient (Wildman–Crippen LogP) is 3.07. The minimum absolute atomic E-state index is 0. The fourth-order valence-electron chi connectivity index (χ4n) is 2.13. The Balaban J connectivity index is 0.00000112. The zero-order valence-electron chi connectivity index (χ0n) is 9.31. The van der Waals surface area contributed by atoms with Crippen LogP contribution in [-0.2, 0) is 0 Å². The summed E-state index contributed by atoms with van der Waals surface area (Å²) in [6.45, 7) is 4.55. The fraction of sp³-hybridized carbons (Fsp3) is 0.385. The highest BCUT2D eigenvalue weighted by atomic mass is 35.5. The van der Waals surface area contributed by atoms with Crippen LogP contribution in [0.3, 0.4) is 0 Å². The van der Waals surface area contributed by atoms with E-state index in [4.69, 9.17) is 0 Å². The van der Waals surface area contributed by atoms with Gasteiger partial charge in [-0.3, -0.25) is 0 Å². The minimum atomic E-state index is 0. The van der Waals surface area contributed by atoms with Crippen molar-refractivity contribution in [1.82, 2.24) is 4.90 Å². The van der Waals surface area contributed by atoms with Crippen LogP contribution in [0.1, 0.15) is 12.5 Å². The Labute approximate surface area is 98.2 Å². The number of halogens is 1. The van der Waals surface area contributed by atoms with Crippen molar-refractivity contribution in [3.05, 3.63) is 42.0 Å². The molecule has 1 aromatic rings. The summed E-state index contributed by atoms with van der Waals surface area (Å²) in [5, 5.41) is 0. The van der Waals surface area contributed by atoms with Crippen LogP contribution in [0.15, 0.2) is 36.4 Å². The van der Waals surface area contributed by atoms with Gasteiger partial charge in [-0.1, -0.05) is 43.3 Å². The number of rotatable bonds is 1. The van der Waals surface area contributed by atoms with E-state index in [0.29, 0.717) is 5.92 Å². The van der Waals surface area contributed by atoms with Crippen molar-refractivity contribution in [1.29, 1.82) is 0 Å². The average molecular weight is 224 g/mol. The Kier molecular flexibility index (Phi) is 4.37. The standard InChI is InChI=1S/C13H17N.ClH/c1-11-10-14(2)9-8-13(11)12-6-4-3-5-7-12;/h3-8,11H,9-10H2,1-2H3;1H. The van der Waals surface area contributed by atoms with Crippen LogP contribution in [-0.4, -0.2) is 25.0 Å². The molecule has 1 aromatic carbocycles. The van der Waals surface area contributed by atoms with Crippen molar-refractivity contribution in [3.8, 4) is 0 Å². The quantitative estimate of drug-likeness (QED) is 0.708. The molecule has 1 heterocycles. The average Bonchev–Trinajstić information content (AvgIpc) is 2.19. The second-order valence-electron chi connectivity index (χ2n) is 4.15. The van der Waals surface area contributed by atoms with E-state index in [1.165, 1.54) is 17.7 Å². The third kappa shape index (κ3) is 2.83. The molecule has 15 heavy (non-hydrogen) atoms. The Morgan fingerprint density at radius 1 is 1.20 bits per heavy atom. The molecule has 2 heteroatoms. The van der Waals surface area contributed by atoms with Gasteiger partial charge in [-0.15, -0.1) is 12.4 Å². The lowest BCUT2D eigenvalue weighted by molar-refractivity contribution is 0.329. The first kappa shape index (κ1) is 12.3. The molecule has 1 atom stereocenters. The Hall–Kier alpha value is -0.790. The highest BCUT2D eigenvalue weighted by Gasteiger charge is 2.16. The van der Waals surface area contributed by atoms with E-state index >= 15 is 0 Å². The molecule has 0 radical (unpaired) electrons. The van der Waals surface area contributed by atoms with Crippen molar-refractivity contribution in [2.24, 2.45) is 5.92 Å². The summed E-state index contributed by atoms with van der Waals surface area (Å²) in [5.41, 5.74) is 2.89. The lowest BCUT2D eigenvalue weighted by atomic mass is 9.91. The molecule has 0 saturated heterocycles. The van der Waals surface area contributed by atoms with Crippen molar-refractivity contribution in [2.45, 2.75) is 6.92 Å². The van der Waals surface area contributed by atoms with Gasteiger partial charge in [0.05, 0.1) is 0 Å². The predicted molar refractivity (Wildman–Crippen MR) is 68.3 cm³/mol. The maximum atomic E-state index is 2.36. The van der Waals surface area contributed by atoms with Crippen molar-refractivity contribution < 1.29 is 0 Å². The summed E-state index contributed by atoms with van der Waals surface area (Å²) in [7, 11) is 2.18. The summed E-state index contributed by atoms with van der Waals surface area (Å²) in [4.78, 5) is 2.36. The maximum Gasteiger partial charge on any atom is 0.0166 e. The molecule has 82 valence electrons. The normalized spacial score (nSPS) is 21.7. The molecule has 2 rings (SSSR count). The van der Waals surface area contributed by atoms with Crippen LogP contribution in [0.4, 0.5) is 0 Å². The summed E-state index contributed by atoms with van der Waals surface area (Å²) in [6, 6.07) is 10.7. The van der Waals surface area contributed by atoms with Gasteiger partial charge < -0.3 is 4.90 Å². The molecule has 0 saturated carbocycles. The van der Waals surface area contributed by atoms with E-state index in [0.717, 1.165) is 6.54 Å². The molecular weight excluding hydrogens is 206 g/mol. The smallest absolute Gasteiger partial charge is 0.0166 e. The molecule has 0 fully saturated rings. The Bertz CT molecular complexity index is 332. The van der Waals surface area contributed by atoms with E-state index in [-0.39, 0.29) is 12.4 Å². The van der Waals surface area contributed by atoms with E-state index in [2.05, 4.69) is 55.3 Å².